The van der Waals surface area contributed by atoms with Gasteiger partial charge in [0.1, 0.15) is 5.75 Å². The molecule has 0 aliphatic rings. The fourth-order valence-electron chi connectivity index (χ4n) is 0.964. The number of aldehydes is 1. The van der Waals surface area contributed by atoms with Gasteiger partial charge in [0.05, 0.1) is 4.92 Å². The molecule has 5 heteroatoms. The number of non-ortho nitro benzene ring substituents is 1. The third kappa shape index (κ3) is 3.05. The van der Waals surface area contributed by atoms with Crippen LogP contribution >= 0.6 is 0 Å². The van der Waals surface area contributed by atoms with E-state index >= 15 is 0 Å². The molecule has 1 rings (SSSR count). The first-order chi connectivity index (χ1) is 6.94. The third-order valence-electron chi connectivity index (χ3n) is 1.71. The Hall–Kier alpha value is -1.91. The van der Waals surface area contributed by atoms with Crippen LogP contribution in [0.2, 0.25) is 0 Å². The predicted molar refractivity (Wildman–Crippen MR) is 53.9 cm³/mol. The number of nitro groups is 1. The molecule has 0 spiro atoms. The van der Waals surface area contributed by atoms with Gasteiger partial charge in [0.15, 0.2) is 11.9 Å². The second-order valence-electron chi connectivity index (χ2n) is 3.57. The Balaban J connectivity index is 2.81. The Labute approximate surface area is 86.8 Å². The van der Waals surface area contributed by atoms with E-state index in [9.17, 15) is 14.9 Å². The van der Waals surface area contributed by atoms with Crippen LogP contribution in [0.5, 0.6) is 5.75 Å². The van der Waals surface area contributed by atoms with Crippen molar-refractivity contribution in [2.75, 3.05) is 0 Å². The van der Waals surface area contributed by atoms with Crippen LogP contribution in [0.3, 0.4) is 0 Å². The molecule has 1 aromatic rings. The maximum atomic E-state index is 10.6. The summed E-state index contributed by atoms with van der Waals surface area (Å²) in [5, 5.41) is 10.4. The number of carbonyl (C=O) groups excluding carboxylic acids is 1. The summed E-state index contributed by atoms with van der Waals surface area (Å²) in [6.07, 6.45) is 0.675. The van der Waals surface area contributed by atoms with Crippen LogP contribution in [0.15, 0.2) is 24.3 Å². The minimum atomic E-state index is -0.921. The topological polar surface area (TPSA) is 69.4 Å². The van der Waals surface area contributed by atoms with Crippen molar-refractivity contribution in [1.82, 2.24) is 0 Å². The van der Waals surface area contributed by atoms with Crippen LogP contribution in [0, 0.1) is 10.1 Å². The molecule has 0 bridgehead atoms. The molecule has 0 N–H and O–H groups in total. The molecule has 1 aromatic carbocycles. The number of nitrogens with zero attached hydrogens (tertiary/aromatic N) is 1. The minimum Gasteiger partial charge on any atom is -0.480 e. The third-order valence-corrected chi connectivity index (χ3v) is 1.71. The lowest BCUT2D eigenvalue weighted by atomic mass is 10.2. The summed E-state index contributed by atoms with van der Waals surface area (Å²) in [7, 11) is 0. The lowest BCUT2D eigenvalue weighted by molar-refractivity contribution is -0.384. The Morgan fingerprint density at radius 2 is 1.87 bits per heavy atom. The summed E-state index contributed by atoms with van der Waals surface area (Å²) in [6.45, 7) is 3.23. The smallest absolute Gasteiger partial charge is 0.269 e. The second-order valence-corrected chi connectivity index (χ2v) is 3.57. The van der Waals surface area contributed by atoms with Crippen LogP contribution in [0.1, 0.15) is 13.8 Å². The number of rotatable bonds is 4. The molecular weight excluding hydrogens is 198 g/mol. The minimum absolute atomic E-state index is 0.00809. The molecule has 0 aliphatic carbocycles. The molecule has 0 aliphatic heterocycles. The number of ether oxygens (including phenoxy) is 1. The zero-order valence-electron chi connectivity index (χ0n) is 8.47. The average molecular weight is 209 g/mol. The van der Waals surface area contributed by atoms with Gasteiger partial charge >= 0.3 is 0 Å². The van der Waals surface area contributed by atoms with Crippen molar-refractivity contribution in [3.05, 3.63) is 34.4 Å². The van der Waals surface area contributed by atoms with E-state index in [1.165, 1.54) is 24.3 Å². The number of benzene rings is 1. The van der Waals surface area contributed by atoms with Gasteiger partial charge in [0.25, 0.3) is 5.69 Å². The number of hydrogen-bond donors (Lipinski definition) is 0. The van der Waals surface area contributed by atoms with Crippen molar-refractivity contribution in [2.45, 2.75) is 19.4 Å². The Bertz CT molecular complexity index is 370. The second kappa shape index (κ2) is 4.08. The van der Waals surface area contributed by atoms with Gasteiger partial charge in [0.2, 0.25) is 0 Å². The molecule has 0 atom stereocenters. The van der Waals surface area contributed by atoms with Crippen molar-refractivity contribution >= 4 is 12.0 Å². The van der Waals surface area contributed by atoms with E-state index in [1.54, 1.807) is 13.8 Å². The van der Waals surface area contributed by atoms with E-state index in [4.69, 9.17) is 4.74 Å². The number of carbonyl (C=O) groups is 1. The van der Waals surface area contributed by atoms with Crippen molar-refractivity contribution in [3.8, 4) is 5.75 Å². The van der Waals surface area contributed by atoms with Crippen molar-refractivity contribution in [3.63, 3.8) is 0 Å². The van der Waals surface area contributed by atoms with Crippen LogP contribution < -0.4 is 4.74 Å². The predicted octanol–water partition coefficient (Wildman–Crippen LogP) is 1.95. The molecule has 0 aromatic heterocycles. The highest BCUT2D eigenvalue weighted by Gasteiger charge is 2.18. The van der Waals surface area contributed by atoms with E-state index in [2.05, 4.69) is 0 Å². The van der Waals surface area contributed by atoms with E-state index in [0.717, 1.165) is 0 Å². The highest BCUT2D eigenvalue weighted by Crippen LogP contribution is 2.20. The fourth-order valence-corrected chi connectivity index (χ4v) is 0.964. The Morgan fingerprint density at radius 1 is 1.33 bits per heavy atom. The van der Waals surface area contributed by atoms with Crippen LogP contribution in [0.25, 0.3) is 0 Å². The summed E-state index contributed by atoms with van der Waals surface area (Å²) in [6, 6.07) is 5.58. The number of nitro benzene ring substituents is 1. The SMILES string of the molecule is CC(C)(C=O)Oc1ccc([N+](=O)[O-])cc1. The average Bonchev–Trinajstić information content (AvgIpc) is 2.18. The van der Waals surface area contributed by atoms with E-state index in [1.807, 2.05) is 0 Å². The molecule has 0 fully saturated rings. The van der Waals surface area contributed by atoms with Crippen molar-refractivity contribution in [1.29, 1.82) is 0 Å². The molecule has 0 unspecified atom stereocenters. The van der Waals surface area contributed by atoms with E-state index in [0.29, 0.717) is 12.0 Å². The maximum Gasteiger partial charge on any atom is 0.269 e. The molecule has 0 radical (unpaired) electrons. The van der Waals surface area contributed by atoms with Gasteiger partial charge in [-0.3, -0.25) is 14.9 Å². The first kappa shape index (κ1) is 11.2. The van der Waals surface area contributed by atoms with Gasteiger partial charge in [-0.25, -0.2) is 0 Å². The highest BCUT2D eigenvalue weighted by molar-refractivity contribution is 5.61. The zero-order valence-corrected chi connectivity index (χ0v) is 8.47. The monoisotopic (exact) mass is 209 g/mol. The summed E-state index contributed by atoms with van der Waals surface area (Å²) in [5.41, 5.74) is -0.929. The molecule has 0 heterocycles. The van der Waals surface area contributed by atoms with Gasteiger partial charge in [-0.05, 0) is 26.0 Å². The molecule has 5 nitrogen and oxygen atoms in total. The molecule has 80 valence electrons. The van der Waals surface area contributed by atoms with Gasteiger partial charge in [-0.2, -0.15) is 0 Å². The summed E-state index contributed by atoms with van der Waals surface area (Å²) in [4.78, 5) is 20.4. The largest absolute Gasteiger partial charge is 0.480 e. The van der Waals surface area contributed by atoms with Crippen LogP contribution in [-0.4, -0.2) is 16.8 Å². The lowest BCUT2D eigenvalue weighted by Crippen LogP contribution is -2.29. The normalized spacial score (nSPS) is 10.8. The Kier molecular flexibility index (Phi) is 3.04. The zero-order chi connectivity index (χ0) is 11.5. The van der Waals surface area contributed by atoms with Gasteiger partial charge in [-0.15, -0.1) is 0 Å². The standard InChI is InChI=1S/C10H11NO4/c1-10(2,7-12)15-9-5-3-8(4-6-9)11(13)14/h3-7H,1-2H3. The van der Waals surface area contributed by atoms with Gasteiger partial charge < -0.3 is 4.74 Å². The summed E-state index contributed by atoms with van der Waals surface area (Å²) >= 11 is 0. The summed E-state index contributed by atoms with van der Waals surface area (Å²) < 4.78 is 5.30. The fraction of sp³-hybridized carbons (Fsp3) is 0.300. The summed E-state index contributed by atoms with van der Waals surface area (Å²) in [5.74, 6) is 0.428. The molecule has 0 amide bonds. The van der Waals surface area contributed by atoms with E-state index < -0.39 is 10.5 Å². The quantitative estimate of drug-likeness (QED) is 0.431. The first-order valence-corrected chi connectivity index (χ1v) is 4.34. The number of hydrogen-bond acceptors (Lipinski definition) is 4. The van der Waals surface area contributed by atoms with Crippen LogP contribution in [0.4, 0.5) is 5.69 Å². The molecular formula is C10H11NO4. The first-order valence-electron chi connectivity index (χ1n) is 4.34. The van der Waals surface area contributed by atoms with Gasteiger partial charge in [0, 0.05) is 12.1 Å². The Morgan fingerprint density at radius 3 is 2.27 bits per heavy atom. The molecule has 0 saturated carbocycles. The highest BCUT2D eigenvalue weighted by atomic mass is 16.6. The maximum absolute atomic E-state index is 10.6. The van der Waals surface area contributed by atoms with Crippen molar-refractivity contribution in [2.24, 2.45) is 0 Å². The molecule has 0 saturated heterocycles. The lowest BCUT2D eigenvalue weighted by Gasteiger charge is -2.19. The van der Waals surface area contributed by atoms with Crippen LogP contribution in [-0.2, 0) is 4.79 Å². The van der Waals surface area contributed by atoms with Gasteiger partial charge in [-0.1, -0.05) is 0 Å². The molecule has 15 heavy (non-hydrogen) atoms. The van der Waals surface area contributed by atoms with Crippen molar-refractivity contribution < 1.29 is 14.5 Å². The van der Waals surface area contributed by atoms with E-state index in [-0.39, 0.29) is 5.69 Å².